The highest BCUT2D eigenvalue weighted by Crippen LogP contribution is 2.06. The van der Waals surface area contributed by atoms with E-state index in [4.69, 9.17) is 11.5 Å². The van der Waals surface area contributed by atoms with E-state index >= 15 is 0 Å². The molecule has 66 valence electrons. The molecule has 0 aromatic rings. The van der Waals surface area contributed by atoms with Crippen LogP contribution in [0.1, 0.15) is 32.6 Å². The standard InChI is InChI=1S/C9H20N2/c1-8(2)7-9(11)5-3-4-6-10/h9H,1,3-7,10-11H2,2H3. The topological polar surface area (TPSA) is 52.0 Å². The van der Waals surface area contributed by atoms with Crippen molar-refractivity contribution in [1.29, 1.82) is 0 Å². The maximum Gasteiger partial charge on any atom is 0.00758 e. The van der Waals surface area contributed by atoms with Crippen LogP contribution in [-0.2, 0) is 0 Å². The Morgan fingerprint density at radius 3 is 2.55 bits per heavy atom. The van der Waals surface area contributed by atoms with E-state index in [1.807, 2.05) is 6.92 Å². The molecule has 0 aliphatic carbocycles. The Morgan fingerprint density at radius 1 is 1.45 bits per heavy atom. The fourth-order valence-electron chi connectivity index (χ4n) is 1.10. The Morgan fingerprint density at radius 2 is 2.09 bits per heavy atom. The van der Waals surface area contributed by atoms with Crippen LogP contribution in [0.15, 0.2) is 12.2 Å². The lowest BCUT2D eigenvalue weighted by molar-refractivity contribution is 0.563. The molecule has 0 heterocycles. The number of rotatable bonds is 6. The van der Waals surface area contributed by atoms with Crippen LogP contribution in [0.2, 0.25) is 0 Å². The smallest absolute Gasteiger partial charge is 0.00758 e. The first kappa shape index (κ1) is 10.7. The average Bonchev–Trinajstić information content (AvgIpc) is 1.86. The third-order valence-electron chi connectivity index (χ3n) is 1.64. The van der Waals surface area contributed by atoms with Gasteiger partial charge in [0, 0.05) is 6.04 Å². The summed E-state index contributed by atoms with van der Waals surface area (Å²) in [6.45, 7) is 6.61. The molecule has 4 N–H and O–H groups in total. The molecule has 0 amide bonds. The average molecular weight is 156 g/mol. The van der Waals surface area contributed by atoms with E-state index in [1.165, 1.54) is 5.57 Å². The molecule has 2 nitrogen and oxygen atoms in total. The second-order valence-corrected chi connectivity index (χ2v) is 3.21. The second-order valence-electron chi connectivity index (χ2n) is 3.21. The normalized spacial score (nSPS) is 13.0. The Labute approximate surface area is 69.6 Å². The number of hydrogen-bond acceptors (Lipinski definition) is 2. The van der Waals surface area contributed by atoms with E-state index in [1.54, 1.807) is 0 Å². The monoisotopic (exact) mass is 156 g/mol. The lowest BCUT2D eigenvalue weighted by atomic mass is 10.0. The van der Waals surface area contributed by atoms with E-state index in [-0.39, 0.29) is 0 Å². The molecule has 2 heteroatoms. The van der Waals surface area contributed by atoms with Crippen molar-refractivity contribution in [3.05, 3.63) is 12.2 Å². The SMILES string of the molecule is C=C(C)CC(N)CCCCN. The molecule has 11 heavy (non-hydrogen) atoms. The first-order valence-corrected chi connectivity index (χ1v) is 4.27. The van der Waals surface area contributed by atoms with Crippen LogP contribution >= 0.6 is 0 Å². The summed E-state index contributed by atoms with van der Waals surface area (Å²) in [5, 5.41) is 0. The van der Waals surface area contributed by atoms with Crippen LogP contribution < -0.4 is 11.5 Å². The first-order chi connectivity index (χ1) is 5.16. The summed E-state index contributed by atoms with van der Waals surface area (Å²) in [6, 6.07) is 0.291. The van der Waals surface area contributed by atoms with Crippen LogP contribution in [-0.4, -0.2) is 12.6 Å². The van der Waals surface area contributed by atoms with Crippen molar-refractivity contribution in [1.82, 2.24) is 0 Å². The minimum Gasteiger partial charge on any atom is -0.330 e. The van der Waals surface area contributed by atoms with Gasteiger partial charge < -0.3 is 11.5 Å². The number of unbranched alkanes of at least 4 members (excludes halogenated alkanes) is 1. The number of nitrogens with two attached hydrogens (primary N) is 2. The van der Waals surface area contributed by atoms with Gasteiger partial charge in [-0.2, -0.15) is 0 Å². The van der Waals surface area contributed by atoms with E-state index < -0.39 is 0 Å². The van der Waals surface area contributed by atoms with Crippen molar-refractivity contribution in [2.45, 2.75) is 38.6 Å². The van der Waals surface area contributed by atoms with Crippen molar-refractivity contribution in [3.8, 4) is 0 Å². The van der Waals surface area contributed by atoms with Crippen LogP contribution in [0.5, 0.6) is 0 Å². The van der Waals surface area contributed by atoms with Gasteiger partial charge in [-0.3, -0.25) is 0 Å². The van der Waals surface area contributed by atoms with Crippen molar-refractivity contribution >= 4 is 0 Å². The molecule has 0 aromatic heterocycles. The molecule has 0 rings (SSSR count). The Bertz CT molecular complexity index is 110. The third-order valence-corrected chi connectivity index (χ3v) is 1.64. The van der Waals surface area contributed by atoms with Gasteiger partial charge in [-0.05, 0) is 32.7 Å². The molecule has 0 aromatic carbocycles. The highest BCUT2D eigenvalue weighted by molar-refractivity contribution is 4.91. The third kappa shape index (κ3) is 7.56. The summed E-state index contributed by atoms with van der Waals surface area (Å²) < 4.78 is 0. The highest BCUT2D eigenvalue weighted by atomic mass is 14.6. The summed E-state index contributed by atoms with van der Waals surface area (Å²) in [5.41, 5.74) is 12.3. The lowest BCUT2D eigenvalue weighted by Gasteiger charge is -2.09. The van der Waals surface area contributed by atoms with Crippen molar-refractivity contribution in [3.63, 3.8) is 0 Å². The van der Waals surface area contributed by atoms with E-state index in [0.717, 1.165) is 32.2 Å². The van der Waals surface area contributed by atoms with Gasteiger partial charge in [0.15, 0.2) is 0 Å². The zero-order valence-electron chi connectivity index (χ0n) is 7.47. The molecule has 0 aliphatic heterocycles. The van der Waals surface area contributed by atoms with Gasteiger partial charge in [-0.15, -0.1) is 6.58 Å². The molecule has 0 saturated heterocycles. The summed E-state index contributed by atoms with van der Waals surface area (Å²) in [7, 11) is 0. The Kier molecular flexibility index (Phi) is 6.18. The van der Waals surface area contributed by atoms with Gasteiger partial charge in [0.05, 0.1) is 0 Å². The second kappa shape index (κ2) is 6.38. The maximum atomic E-state index is 5.81. The van der Waals surface area contributed by atoms with Gasteiger partial charge in [0.2, 0.25) is 0 Å². The fourth-order valence-corrected chi connectivity index (χ4v) is 1.10. The van der Waals surface area contributed by atoms with Gasteiger partial charge >= 0.3 is 0 Å². The number of hydrogen-bond donors (Lipinski definition) is 2. The minimum atomic E-state index is 0.291. The van der Waals surface area contributed by atoms with E-state index in [0.29, 0.717) is 6.04 Å². The predicted octanol–water partition coefficient (Wildman–Crippen LogP) is 1.41. The molecular formula is C9H20N2. The zero-order valence-corrected chi connectivity index (χ0v) is 7.47. The molecule has 0 bridgehead atoms. The molecule has 0 radical (unpaired) electrons. The molecule has 0 fully saturated rings. The van der Waals surface area contributed by atoms with Crippen molar-refractivity contribution in [2.24, 2.45) is 11.5 Å². The fraction of sp³-hybridized carbons (Fsp3) is 0.778. The lowest BCUT2D eigenvalue weighted by Crippen LogP contribution is -2.20. The van der Waals surface area contributed by atoms with E-state index in [2.05, 4.69) is 6.58 Å². The zero-order chi connectivity index (χ0) is 8.69. The molecule has 1 unspecified atom stereocenters. The predicted molar refractivity (Wildman–Crippen MR) is 50.3 cm³/mol. The van der Waals surface area contributed by atoms with Gasteiger partial charge in [0.25, 0.3) is 0 Å². The molecule has 0 spiro atoms. The van der Waals surface area contributed by atoms with Crippen LogP contribution in [0, 0.1) is 0 Å². The Balaban J connectivity index is 3.22. The molecule has 0 saturated carbocycles. The van der Waals surface area contributed by atoms with Gasteiger partial charge in [0.1, 0.15) is 0 Å². The highest BCUT2D eigenvalue weighted by Gasteiger charge is 2.00. The van der Waals surface area contributed by atoms with Crippen LogP contribution in [0.4, 0.5) is 0 Å². The van der Waals surface area contributed by atoms with E-state index in [9.17, 15) is 0 Å². The minimum absolute atomic E-state index is 0.291. The molecular weight excluding hydrogens is 136 g/mol. The van der Waals surface area contributed by atoms with Crippen molar-refractivity contribution in [2.75, 3.05) is 6.54 Å². The molecule has 1 atom stereocenters. The summed E-state index contributed by atoms with van der Waals surface area (Å²) in [6.07, 6.45) is 4.25. The molecule has 0 aliphatic rings. The van der Waals surface area contributed by atoms with Gasteiger partial charge in [-0.25, -0.2) is 0 Å². The largest absolute Gasteiger partial charge is 0.330 e. The van der Waals surface area contributed by atoms with Gasteiger partial charge in [-0.1, -0.05) is 12.0 Å². The summed E-state index contributed by atoms with van der Waals surface area (Å²) in [5.74, 6) is 0. The summed E-state index contributed by atoms with van der Waals surface area (Å²) >= 11 is 0. The quantitative estimate of drug-likeness (QED) is 0.451. The van der Waals surface area contributed by atoms with Crippen LogP contribution in [0.3, 0.4) is 0 Å². The van der Waals surface area contributed by atoms with Crippen molar-refractivity contribution < 1.29 is 0 Å². The maximum absolute atomic E-state index is 5.81. The Hall–Kier alpha value is -0.340. The van der Waals surface area contributed by atoms with Crippen LogP contribution in [0.25, 0.3) is 0 Å². The first-order valence-electron chi connectivity index (χ1n) is 4.27. The summed E-state index contributed by atoms with van der Waals surface area (Å²) in [4.78, 5) is 0.